The van der Waals surface area contributed by atoms with Crippen LogP contribution in [0.2, 0.25) is 5.02 Å². The van der Waals surface area contributed by atoms with Crippen LogP contribution in [0.25, 0.3) is 6.08 Å². The number of halogens is 1. The predicted molar refractivity (Wildman–Crippen MR) is 91.1 cm³/mol. The molecule has 2 aromatic carbocycles. The summed E-state index contributed by atoms with van der Waals surface area (Å²) in [6.45, 7) is 1.52. The van der Waals surface area contributed by atoms with Crippen molar-refractivity contribution >= 4 is 35.2 Å². The maximum atomic E-state index is 11.9. The van der Waals surface area contributed by atoms with E-state index in [1.165, 1.54) is 13.0 Å². The average Bonchev–Trinajstić information content (AvgIpc) is 2.55. The summed E-state index contributed by atoms with van der Waals surface area (Å²) in [7, 11) is 0. The van der Waals surface area contributed by atoms with E-state index in [-0.39, 0.29) is 5.91 Å². The van der Waals surface area contributed by atoms with Gasteiger partial charge >= 0.3 is 5.97 Å². The molecule has 1 unspecified atom stereocenters. The molecule has 23 heavy (non-hydrogen) atoms. The van der Waals surface area contributed by atoms with Gasteiger partial charge in [-0.15, -0.1) is 0 Å². The third-order valence-electron chi connectivity index (χ3n) is 2.99. The number of amides is 1. The van der Waals surface area contributed by atoms with Crippen molar-refractivity contribution in [2.45, 2.75) is 13.0 Å². The van der Waals surface area contributed by atoms with Crippen molar-refractivity contribution in [3.63, 3.8) is 0 Å². The first-order chi connectivity index (χ1) is 11.0. The fraction of sp³-hybridized carbons (Fsp3) is 0.111. The number of nitrogens with one attached hydrogen (secondary N) is 1. The second-order valence-electron chi connectivity index (χ2n) is 4.82. The second kappa shape index (κ2) is 8.15. The topological polar surface area (TPSA) is 55.4 Å². The maximum absolute atomic E-state index is 11.9. The monoisotopic (exact) mass is 329 g/mol. The van der Waals surface area contributed by atoms with Crippen LogP contribution in [0, 0.1) is 0 Å². The second-order valence-corrected chi connectivity index (χ2v) is 5.26. The van der Waals surface area contributed by atoms with Gasteiger partial charge in [-0.1, -0.05) is 41.9 Å². The fourth-order valence-electron chi connectivity index (χ4n) is 1.77. The van der Waals surface area contributed by atoms with Crippen LogP contribution in [0.15, 0.2) is 60.7 Å². The molecule has 2 aromatic rings. The Kier molecular flexibility index (Phi) is 5.94. The number of ether oxygens (including phenoxy) is 1. The smallest absolute Gasteiger partial charge is 0.331 e. The molecule has 4 nitrogen and oxygen atoms in total. The zero-order valence-corrected chi connectivity index (χ0v) is 13.3. The van der Waals surface area contributed by atoms with Gasteiger partial charge in [-0.2, -0.15) is 0 Å². The number of para-hydroxylation sites is 1. The van der Waals surface area contributed by atoms with Gasteiger partial charge in [0.25, 0.3) is 5.91 Å². The van der Waals surface area contributed by atoms with Gasteiger partial charge in [0.05, 0.1) is 0 Å². The number of carbonyl (C=O) groups excluding carboxylic acids is 2. The molecule has 0 bridgehead atoms. The Balaban J connectivity index is 1.86. The molecular formula is C18H16ClNO3. The predicted octanol–water partition coefficient (Wildman–Crippen LogP) is 3.92. The van der Waals surface area contributed by atoms with E-state index in [1.54, 1.807) is 54.6 Å². The number of esters is 1. The first-order valence-electron chi connectivity index (χ1n) is 7.05. The Morgan fingerprint density at radius 1 is 1.09 bits per heavy atom. The highest BCUT2D eigenvalue weighted by molar-refractivity contribution is 6.30. The van der Waals surface area contributed by atoms with Crippen molar-refractivity contribution in [1.29, 1.82) is 0 Å². The van der Waals surface area contributed by atoms with Crippen molar-refractivity contribution in [2.24, 2.45) is 0 Å². The molecule has 2 rings (SSSR count). The molecule has 1 atom stereocenters. The molecule has 5 heteroatoms. The summed E-state index contributed by atoms with van der Waals surface area (Å²) in [5, 5.41) is 3.29. The first-order valence-corrected chi connectivity index (χ1v) is 7.42. The van der Waals surface area contributed by atoms with Crippen LogP contribution in [-0.4, -0.2) is 18.0 Å². The zero-order chi connectivity index (χ0) is 16.7. The van der Waals surface area contributed by atoms with Gasteiger partial charge in [0.2, 0.25) is 0 Å². The summed E-state index contributed by atoms with van der Waals surface area (Å²) < 4.78 is 5.07. The van der Waals surface area contributed by atoms with Gasteiger partial charge in [-0.3, -0.25) is 4.79 Å². The number of carbonyl (C=O) groups is 2. The van der Waals surface area contributed by atoms with E-state index in [4.69, 9.17) is 16.3 Å². The SMILES string of the molecule is CC(OC(=O)/C=C/c1ccc(Cl)cc1)C(=O)Nc1ccccc1. The molecule has 0 fully saturated rings. The molecule has 0 spiro atoms. The highest BCUT2D eigenvalue weighted by atomic mass is 35.5. The van der Waals surface area contributed by atoms with E-state index in [0.717, 1.165) is 5.56 Å². The normalized spacial score (nSPS) is 11.9. The number of hydrogen-bond acceptors (Lipinski definition) is 3. The summed E-state index contributed by atoms with van der Waals surface area (Å²) >= 11 is 5.78. The van der Waals surface area contributed by atoms with Gasteiger partial charge in [-0.05, 0) is 42.8 Å². The van der Waals surface area contributed by atoms with E-state index < -0.39 is 12.1 Å². The third-order valence-corrected chi connectivity index (χ3v) is 3.24. The summed E-state index contributed by atoms with van der Waals surface area (Å²) in [5.41, 5.74) is 1.46. The highest BCUT2D eigenvalue weighted by Gasteiger charge is 2.16. The van der Waals surface area contributed by atoms with Crippen molar-refractivity contribution in [2.75, 3.05) is 5.32 Å². The van der Waals surface area contributed by atoms with Crippen molar-refractivity contribution in [3.05, 3.63) is 71.3 Å². The number of hydrogen-bond donors (Lipinski definition) is 1. The van der Waals surface area contributed by atoms with E-state index in [2.05, 4.69) is 5.32 Å². The maximum Gasteiger partial charge on any atom is 0.331 e. The van der Waals surface area contributed by atoms with Crippen LogP contribution in [0.3, 0.4) is 0 Å². The Morgan fingerprint density at radius 3 is 2.39 bits per heavy atom. The lowest BCUT2D eigenvalue weighted by atomic mass is 10.2. The number of rotatable bonds is 5. The first kappa shape index (κ1) is 16.8. The Labute approximate surface area is 139 Å². The number of benzene rings is 2. The van der Waals surface area contributed by atoms with Gasteiger partial charge in [-0.25, -0.2) is 4.79 Å². The van der Waals surface area contributed by atoms with Gasteiger partial charge in [0.1, 0.15) is 0 Å². The Hall–Kier alpha value is -2.59. The Morgan fingerprint density at radius 2 is 1.74 bits per heavy atom. The lowest BCUT2D eigenvalue weighted by molar-refractivity contribution is -0.148. The lowest BCUT2D eigenvalue weighted by Crippen LogP contribution is -2.29. The molecule has 0 heterocycles. The van der Waals surface area contributed by atoms with Crippen LogP contribution in [-0.2, 0) is 14.3 Å². The molecule has 0 aliphatic rings. The van der Waals surface area contributed by atoms with E-state index in [1.807, 2.05) is 6.07 Å². The van der Waals surface area contributed by atoms with Crippen LogP contribution < -0.4 is 5.32 Å². The van der Waals surface area contributed by atoms with Crippen molar-refractivity contribution in [1.82, 2.24) is 0 Å². The molecule has 0 aliphatic carbocycles. The zero-order valence-electron chi connectivity index (χ0n) is 12.5. The van der Waals surface area contributed by atoms with E-state index >= 15 is 0 Å². The van der Waals surface area contributed by atoms with Gasteiger partial charge in [0.15, 0.2) is 6.10 Å². The molecule has 118 valence electrons. The molecule has 0 aromatic heterocycles. The summed E-state index contributed by atoms with van der Waals surface area (Å²) in [4.78, 5) is 23.7. The highest BCUT2D eigenvalue weighted by Crippen LogP contribution is 2.11. The van der Waals surface area contributed by atoms with Crippen LogP contribution in [0.4, 0.5) is 5.69 Å². The molecular weight excluding hydrogens is 314 g/mol. The average molecular weight is 330 g/mol. The lowest BCUT2D eigenvalue weighted by Gasteiger charge is -2.12. The third kappa shape index (κ3) is 5.60. The molecule has 0 radical (unpaired) electrons. The minimum absolute atomic E-state index is 0.385. The fourth-order valence-corrected chi connectivity index (χ4v) is 1.90. The van der Waals surface area contributed by atoms with Crippen LogP contribution in [0.1, 0.15) is 12.5 Å². The Bertz CT molecular complexity index is 696. The van der Waals surface area contributed by atoms with Crippen molar-refractivity contribution < 1.29 is 14.3 Å². The van der Waals surface area contributed by atoms with E-state index in [0.29, 0.717) is 10.7 Å². The van der Waals surface area contributed by atoms with E-state index in [9.17, 15) is 9.59 Å². The van der Waals surface area contributed by atoms with Crippen LogP contribution >= 0.6 is 11.6 Å². The molecule has 0 saturated carbocycles. The van der Waals surface area contributed by atoms with Crippen molar-refractivity contribution in [3.8, 4) is 0 Å². The minimum atomic E-state index is -0.891. The minimum Gasteiger partial charge on any atom is -0.449 e. The molecule has 0 aliphatic heterocycles. The van der Waals surface area contributed by atoms with Gasteiger partial charge < -0.3 is 10.1 Å². The van der Waals surface area contributed by atoms with Crippen LogP contribution in [0.5, 0.6) is 0 Å². The summed E-state index contributed by atoms with van der Waals surface area (Å²) in [5.74, 6) is -0.972. The van der Waals surface area contributed by atoms with Gasteiger partial charge in [0, 0.05) is 16.8 Å². The number of anilines is 1. The summed E-state index contributed by atoms with van der Waals surface area (Å²) in [6, 6.07) is 16.0. The quantitative estimate of drug-likeness (QED) is 0.668. The molecule has 0 saturated heterocycles. The standard InChI is InChI=1S/C18H16ClNO3/c1-13(18(22)20-16-5-3-2-4-6-16)23-17(21)12-9-14-7-10-15(19)11-8-14/h2-13H,1H3,(H,20,22)/b12-9+. The molecule has 1 amide bonds. The summed E-state index contributed by atoms with van der Waals surface area (Å²) in [6.07, 6.45) is 1.98. The largest absolute Gasteiger partial charge is 0.449 e. The molecule has 1 N–H and O–H groups in total.